The molecule has 0 aliphatic carbocycles. The second-order valence-electron chi connectivity index (χ2n) is 4.73. The van der Waals surface area contributed by atoms with Gasteiger partial charge in [-0.15, -0.1) is 0 Å². The van der Waals surface area contributed by atoms with Gasteiger partial charge in [0.1, 0.15) is 5.82 Å². The highest BCUT2D eigenvalue weighted by molar-refractivity contribution is 5.19. The quantitative estimate of drug-likeness (QED) is 0.900. The maximum atomic E-state index is 13.1. The molecule has 4 nitrogen and oxygen atoms in total. The van der Waals surface area contributed by atoms with Crippen LogP contribution in [-0.4, -0.2) is 16.2 Å². The van der Waals surface area contributed by atoms with E-state index in [1.165, 1.54) is 12.1 Å². The molecule has 102 valence electrons. The van der Waals surface area contributed by atoms with Gasteiger partial charge in [0.25, 0.3) is 0 Å². The van der Waals surface area contributed by atoms with Gasteiger partial charge in [0.05, 0.1) is 5.92 Å². The van der Waals surface area contributed by atoms with Crippen molar-refractivity contribution < 1.29 is 8.91 Å². The molecule has 0 saturated heterocycles. The van der Waals surface area contributed by atoms with E-state index in [2.05, 4.69) is 10.1 Å². The van der Waals surface area contributed by atoms with Gasteiger partial charge in [-0.3, -0.25) is 0 Å². The zero-order valence-electron chi connectivity index (χ0n) is 11.1. The minimum atomic E-state index is -0.261. The molecule has 5 heteroatoms. The van der Waals surface area contributed by atoms with Gasteiger partial charge in [0, 0.05) is 12.5 Å². The van der Waals surface area contributed by atoms with Crippen LogP contribution in [0.2, 0.25) is 0 Å². The first-order valence-electron chi connectivity index (χ1n) is 6.42. The van der Waals surface area contributed by atoms with Crippen molar-refractivity contribution in [2.24, 2.45) is 5.73 Å². The molecule has 1 aromatic heterocycles. The molecule has 0 fully saturated rings. The second kappa shape index (κ2) is 5.93. The van der Waals surface area contributed by atoms with Crippen LogP contribution in [0, 0.1) is 5.82 Å². The van der Waals surface area contributed by atoms with E-state index in [0.29, 0.717) is 18.1 Å². The van der Waals surface area contributed by atoms with Crippen LogP contribution in [0.3, 0.4) is 0 Å². The Bertz CT molecular complexity index is 539. The molecule has 1 aromatic carbocycles. The van der Waals surface area contributed by atoms with Crippen LogP contribution in [0.15, 0.2) is 28.8 Å². The van der Waals surface area contributed by atoms with Crippen LogP contribution >= 0.6 is 0 Å². The predicted octanol–water partition coefficient (Wildman–Crippen LogP) is 2.64. The zero-order chi connectivity index (χ0) is 13.8. The summed E-state index contributed by atoms with van der Waals surface area (Å²) in [6, 6.07) is 6.35. The summed E-state index contributed by atoms with van der Waals surface area (Å²) in [5, 5.41) is 3.93. The van der Waals surface area contributed by atoms with Crippen molar-refractivity contribution in [3.8, 4) is 0 Å². The lowest BCUT2D eigenvalue weighted by molar-refractivity contribution is 0.331. The Balaban J connectivity index is 2.13. The van der Waals surface area contributed by atoms with Crippen molar-refractivity contribution in [2.75, 3.05) is 0 Å². The highest BCUT2D eigenvalue weighted by Gasteiger charge is 2.21. The number of aromatic nitrogens is 2. The number of hydrogen-bond donors (Lipinski definition) is 1. The topological polar surface area (TPSA) is 64.9 Å². The standard InChI is InChI=1S/C14H18FN3O/c1-3-12(9(2)16)14-17-13(18-19-14)8-10-5-4-6-11(15)7-10/h4-7,9,12H,3,8,16H2,1-2H3. The second-order valence-corrected chi connectivity index (χ2v) is 4.73. The summed E-state index contributed by atoms with van der Waals surface area (Å²) >= 11 is 0. The lowest BCUT2D eigenvalue weighted by Gasteiger charge is -2.13. The normalized spacial score (nSPS) is 14.3. The fourth-order valence-electron chi connectivity index (χ4n) is 2.09. The molecular formula is C14H18FN3O. The summed E-state index contributed by atoms with van der Waals surface area (Å²) in [6.45, 7) is 3.95. The molecule has 1 heterocycles. The fraction of sp³-hybridized carbons (Fsp3) is 0.429. The lowest BCUT2D eigenvalue weighted by Crippen LogP contribution is -2.24. The number of hydrogen-bond acceptors (Lipinski definition) is 4. The lowest BCUT2D eigenvalue weighted by atomic mass is 9.99. The van der Waals surface area contributed by atoms with Gasteiger partial charge < -0.3 is 10.3 Å². The maximum Gasteiger partial charge on any atom is 0.231 e. The van der Waals surface area contributed by atoms with E-state index >= 15 is 0 Å². The minimum absolute atomic E-state index is 0.0348. The maximum absolute atomic E-state index is 13.1. The Kier molecular flexibility index (Phi) is 4.27. The van der Waals surface area contributed by atoms with Gasteiger partial charge in [-0.2, -0.15) is 4.98 Å². The number of nitrogens with two attached hydrogens (primary N) is 1. The molecule has 19 heavy (non-hydrogen) atoms. The first-order valence-corrected chi connectivity index (χ1v) is 6.42. The van der Waals surface area contributed by atoms with Gasteiger partial charge >= 0.3 is 0 Å². The highest BCUT2D eigenvalue weighted by atomic mass is 19.1. The fourth-order valence-corrected chi connectivity index (χ4v) is 2.09. The van der Waals surface area contributed by atoms with Crippen molar-refractivity contribution in [1.29, 1.82) is 0 Å². The molecule has 0 radical (unpaired) electrons. The Morgan fingerprint density at radius 2 is 2.21 bits per heavy atom. The molecule has 2 unspecified atom stereocenters. The average molecular weight is 263 g/mol. The smallest absolute Gasteiger partial charge is 0.231 e. The SMILES string of the molecule is CCC(c1nc(Cc2cccc(F)c2)no1)C(C)N. The van der Waals surface area contributed by atoms with E-state index in [9.17, 15) is 4.39 Å². The summed E-state index contributed by atoms with van der Waals surface area (Å²) in [5.74, 6) is 0.917. The van der Waals surface area contributed by atoms with Crippen LogP contribution < -0.4 is 5.73 Å². The molecule has 0 saturated carbocycles. The van der Waals surface area contributed by atoms with E-state index in [-0.39, 0.29) is 17.8 Å². The summed E-state index contributed by atoms with van der Waals surface area (Å²) in [7, 11) is 0. The summed E-state index contributed by atoms with van der Waals surface area (Å²) in [5.41, 5.74) is 6.70. The number of halogens is 1. The van der Waals surface area contributed by atoms with Crippen molar-refractivity contribution in [1.82, 2.24) is 10.1 Å². The summed E-state index contributed by atoms with van der Waals surface area (Å²) < 4.78 is 18.3. The van der Waals surface area contributed by atoms with E-state index in [1.54, 1.807) is 6.07 Å². The largest absolute Gasteiger partial charge is 0.339 e. The van der Waals surface area contributed by atoms with Crippen LogP contribution in [0.4, 0.5) is 4.39 Å². The highest BCUT2D eigenvalue weighted by Crippen LogP contribution is 2.21. The van der Waals surface area contributed by atoms with Gasteiger partial charge in [-0.05, 0) is 31.0 Å². The van der Waals surface area contributed by atoms with Gasteiger partial charge in [-0.25, -0.2) is 4.39 Å². The molecule has 2 rings (SSSR count). The molecule has 0 aliphatic rings. The first-order chi connectivity index (χ1) is 9.10. The first kappa shape index (κ1) is 13.7. The number of rotatable bonds is 5. The zero-order valence-corrected chi connectivity index (χ0v) is 11.1. The molecule has 0 bridgehead atoms. The van der Waals surface area contributed by atoms with Crippen molar-refractivity contribution >= 4 is 0 Å². The molecule has 2 atom stereocenters. The third kappa shape index (κ3) is 3.38. The van der Waals surface area contributed by atoms with E-state index < -0.39 is 0 Å². The Morgan fingerprint density at radius 3 is 2.84 bits per heavy atom. The Hall–Kier alpha value is -1.75. The van der Waals surface area contributed by atoms with Gasteiger partial charge in [-0.1, -0.05) is 24.2 Å². The third-order valence-corrected chi connectivity index (χ3v) is 3.13. The molecule has 2 aromatic rings. The molecule has 0 spiro atoms. The molecule has 0 aliphatic heterocycles. The monoisotopic (exact) mass is 263 g/mol. The molecule has 2 N–H and O–H groups in total. The van der Waals surface area contributed by atoms with Crippen molar-refractivity contribution in [3.63, 3.8) is 0 Å². The number of benzene rings is 1. The van der Waals surface area contributed by atoms with Crippen LogP contribution in [0.1, 0.15) is 43.5 Å². The van der Waals surface area contributed by atoms with E-state index in [0.717, 1.165) is 12.0 Å². The molecule has 0 amide bonds. The predicted molar refractivity (Wildman–Crippen MR) is 70.2 cm³/mol. The number of nitrogens with zero attached hydrogens (tertiary/aromatic N) is 2. The minimum Gasteiger partial charge on any atom is -0.339 e. The third-order valence-electron chi connectivity index (χ3n) is 3.13. The average Bonchev–Trinajstić information content (AvgIpc) is 2.78. The van der Waals surface area contributed by atoms with Gasteiger partial charge in [0.2, 0.25) is 5.89 Å². The van der Waals surface area contributed by atoms with E-state index in [4.69, 9.17) is 10.3 Å². The summed E-state index contributed by atoms with van der Waals surface area (Å²) in [4.78, 5) is 4.35. The van der Waals surface area contributed by atoms with Crippen LogP contribution in [-0.2, 0) is 6.42 Å². The van der Waals surface area contributed by atoms with Gasteiger partial charge in [0.15, 0.2) is 5.82 Å². The Morgan fingerprint density at radius 1 is 1.42 bits per heavy atom. The molecular weight excluding hydrogens is 245 g/mol. The Labute approximate surface area is 111 Å². The van der Waals surface area contributed by atoms with Crippen LogP contribution in [0.25, 0.3) is 0 Å². The van der Waals surface area contributed by atoms with Crippen molar-refractivity contribution in [3.05, 3.63) is 47.4 Å². The van der Waals surface area contributed by atoms with E-state index in [1.807, 2.05) is 19.9 Å². The van der Waals surface area contributed by atoms with Crippen molar-refractivity contribution in [2.45, 2.75) is 38.6 Å². The van der Waals surface area contributed by atoms with Crippen LogP contribution in [0.5, 0.6) is 0 Å². The summed E-state index contributed by atoms with van der Waals surface area (Å²) in [6.07, 6.45) is 1.30.